The number of halogens is 1. The van der Waals surface area contributed by atoms with Crippen LogP contribution in [0.15, 0.2) is 41.1 Å². The molecular weight excluding hydrogens is 300 g/mol. The summed E-state index contributed by atoms with van der Waals surface area (Å²) in [7, 11) is 0. The van der Waals surface area contributed by atoms with Crippen molar-refractivity contribution < 1.29 is 14.6 Å². The van der Waals surface area contributed by atoms with E-state index in [0.29, 0.717) is 11.3 Å². The standard InChI is InChI=1S/C12H9BrN2O3/c13-10-3-1-2-4-11(10)18-7-8-5-14-15-6-9(8)12(16)17/h1-6H,7H2,(H,16,17). The molecule has 6 heteroatoms. The van der Waals surface area contributed by atoms with Crippen molar-refractivity contribution in [3.8, 4) is 5.75 Å². The summed E-state index contributed by atoms with van der Waals surface area (Å²) in [5.41, 5.74) is 0.574. The summed E-state index contributed by atoms with van der Waals surface area (Å²) in [6.07, 6.45) is 2.60. The van der Waals surface area contributed by atoms with Gasteiger partial charge < -0.3 is 9.84 Å². The van der Waals surface area contributed by atoms with Gasteiger partial charge in [-0.1, -0.05) is 12.1 Å². The van der Waals surface area contributed by atoms with Gasteiger partial charge in [0.25, 0.3) is 0 Å². The molecule has 1 N–H and O–H groups in total. The molecule has 0 aliphatic rings. The van der Waals surface area contributed by atoms with E-state index in [1.54, 1.807) is 6.07 Å². The molecule has 92 valence electrons. The van der Waals surface area contributed by atoms with Crippen molar-refractivity contribution in [1.82, 2.24) is 10.2 Å². The van der Waals surface area contributed by atoms with Crippen molar-refractivity contribution in [2.75, 3.05) is 0 Å². The molecule has 0 fully saturated rings. The van der Waals surface area contributed by atoms with E-state index >= 15 is 0 Å². The van der Waals surface area contributed by atoms with Crippen molar-refractivity contribution in [1.29, 1.82) is 0 Å². The minimum Gasteiger partial charge on any atom is -0.488 e. The molecule has 1 heterocycles. The topological polar surface area (TPSA) is 72.3 Å². The Labute approximate surface area is 112 Å². The van der Waals surface area contributed by atoms with Gasteiger partial charge in [-0.3, -0.25) is 0 Å². The fourth-order valence-corrected chi connectivity index (χ4v) is 1.77. The predicted octanol–water partition coefficient (Wildman–Crippen LogP) is 2.52. The minimum absolute atomic E-state index is 0.0945. The maximum Gasteiger partial charge on any atom is 0.337 e. The molecule has 0 aliphatic carbocycles. The molecule has 0 amide bonds. The number of rotatable bonds is 4. The average Bonchev–Trinajstić information content (AvgIpc) is 2.38. The van der Waals surface area contributed by atoms with E-state index in [9.17, 15) is 4.79 Å². The average molecular weight is 309 g/mol. The molecule has 0 bridgehead atoms. The summed E-state index contributed by atoms with van der Waals surface area (Å²) in [5.74, 6) is -0.402. The van der Waals surface area contributed by atoms with Crippen molar-refractivity contribution in [3.63, 3.8) is 0 Å². The number of carboxylic acid groups (broad SMARTS) is 1. The molecule has 18 heavy (non-hydrogen) atoms. The first-order valence-corrected chi connectivity index (χ1v) is 5.88. The molecule has 0 radical (unpaired) electrons. The number of carbonyl (C=O) groups is 1. The second-order valence-electron chi connectivity index (χ2n) is 3.45. The Morgan fingerprint density at radius 3 is 2.72 bits per heavy atom. The molecule has 2 rings (SSSR count). The lowest BCUT2D eigenvalue weighted by molar-refractivity contribution is 0.0693. The lowest BCUT2D eigenvalue weighted by atomic mass is 10.2. The van der Waals surface area contributed by atoms with Crippen LogP contribution in [0.5, 0.6) is 5.75 Å². The van der Waals surface area contributed by atoms with Gasteiger partial charge in [0.05, 0.1) is 22.4 Å². The molecule has 1 aromatic heterocycles. The monoisotopic (exact) mass is 308 g/mol. The fourth-order valence-electron chi connectivity index (χ4n) is 1.37. The summed E-state index contributed by atoms with van der Waals surface area (Å²) in [5, 5.41) is 16.2. The second kappa shape index (κ2) is 5.59. The molecule has 1 aromatic carbocycles. The largest absolute Gasteiger partial charge is 0.488 e. The summed E-state index contributed by atoms with van der Waals surface area (Å²) in [4.78, 5) is 11.0. The van der Waals surface area contributed by atoms with E-state index in [-0.39, 0.29) is 12.2 Å². The van der Waals surface area contributed by atoms with Crippen LogP contribution >= 0.6 is 15.9 Å². The SMILES string of the molecule is O=C(O)c1cnncc1COc1ccccc1Br. The van der Waals surface area contributed by atoms with Crippen LogP contribution in [0.2, 0.25) is 0 Å². The predicted molar refractivity (Wildman–Crippen MR) is 67.5 cm³/mol. The van der Waals surface area contributed by atoms with Crippen LogP contribution in [0, 0.1) is 0 Å². The fraction of sp³-hybridized carbons (Fsp3) is 0.0833. The molecule has 0 spiro atoms. The highest BCUT2D eigenvalue weighted by Gasteiger charge is 2.11. The number of nitrogens with zero attached hydrogens (tertiary/aromatic N) is 2. The Bertz CT molecular complexity index is 575. The number of para-hydroxylation sites is 1. The molecule has 0 saturated carbocycles. The quantitative estimate of drug-likeness (QED) is 0.939. The van der Waals surface area contributed by atoms with Gasteiger partial charge in [-0.15, -0.1) is 0 Å². The van der Waals surface area contributed by atoms with Crippen LogP contribution in [0.25, 0.3) is 0 Å². The first-order chi connectivity index (χ1) is 8.68. The van der Waals surface area contributed by atoms with E-state index in [2.05, 4.69) is 26.1 Å². The number of benzene rings is 1. The number of carboxylic acids is 1. The van der Waals surface area contributed by atoms with Gasteiger partial charge in [-0.05, 0) is 28.1 Å². The van der Waals surface area contributed by atoms with Crippen LogP contribution in [-0.2, 0) is 6.61 Å². The maximum atomic E-state index is 11.0. The van der Waals surface area contributed by atoms with E-state index in [0.717, 1.165) is 4.47 Å². The Balaban J connectivity index is 2.16. The van der Waals surface area contributed by atoms with Crippen LogP contribution in [0.3, 0.4) is 0 Å². The molecule has 5 nitrogen and oxygen atoms in total. The summed E-state index contributed by atoms with van der Waals surface area (Å²) >= 11 is 3.35. The highest BCUT2D eigenvalue weighted by molar-refractivity contribution is 9.10. The summed E-state index contributed by atoms with van der Waals surface area (Å²) in [6, 6.07) is 7.34. The highest BCUT2D eigenvalue weighted by Crippen LogP contribution is 2.24. The van der Waals surface area contributed by atoms with E-state index in [1.165, 1.54) is 12.4 Å². The zero-order valence-electron chi connectivity index (χ0n) is 9.21. The van der Waals surface area contributed by atoms with Gasteiger partial charge in [0, 0.05) is 5.56 Å². The van der Waals surface area contributed by atoms with E-state index < -0.39 is 5.97 Å². The van der Waals surface area contributed by atoms with Gasteiger partial charge in [-0.2, -0.15) is 10.2 Å². The maximum absolute atomic E-state index is 11.0. The lowest BCUT2D eigenvalue weighted by Gasteiger charge is -2.09. The van der Waals surface area contributed by atoms with Crippen molar-refractivity contribution in [3.05, 3.63) is 52.3 Å². The lowest BCUT2D eigenvalue weighted by Crippen LogP contribution is -2.07. The van der Waals surface area contributed by atoms with Crippen LogP contribution in [0.4, 0.5) is 0 Å². The zero-order valence-corrected chi connectivity index (χ0v) is 10.8. The third kappa shape index (κ3) is 2.84. The Kier molecular flexibility index (Phi) is 3.88. The van der Waals surface area contributed by atoms with Crippen LogP contribution < -0.4 is 4.74 Å². The van der Waals surface area contributed by atoms with Gasteiger partial charge in [0.2, 0.25) is 0 Å². The van der Waals surface area contributed by atoms with Gasteiger partial charge in [-0.25, -0.2) is 4.79 Å². The Morgan fingerprint density at radius 2 is 2.00 bits per heavy atom. The summed E-state index contributed by atoms with van der Waals surface area (Å²) in [6.45, 7) is 0.125. The minimum atomic E-state index is -1.05. The number of hydrogen-bond acceptors (Lipinski definition) is 4. The first kappa shape index (κ1) is 12.5. The van der Waals surface area contributed by atoms with Crippen LogP contribution in [-0.4, -0.2) is 21.3 Å². The zero-order chi connectivity index (χ0) is 13.0. The van der Waals surface area contributed by atoms with E-state index in [1.807, 2.05) is 18.2 Å². The van der Waals surface area contributed by atoms with E-state index in [4.69, 9.17) is 9.84 Å². The third-order valence-corrected chi connectivity index (χ3v) is 2.92. The molecule has 0 unspecified atom stereocenters. The van der Waals surface area contributed by atoms with Crippen molar-refractivity contribution in [2.45, 2.75) is 6.61 Å². The summed E-state index contributed by atoms with van der Waals surface area (Å²) < 4.78 is 6.34. The van der Waals surface area contributed by atoms with Gasteiger partial charge >= 0.3 is 5.97 Å². The molecule has 0 saturated heterocycles. The molecule has 2 aromatic rings. The van der Waals surface area contributed by atoms with Crippen molar-refractivity contribution >= 4 is 21.9 Å². The smallest absolute Gasteiger partial charge is 0.337 e. The van der Waals surface area contributed by atoms with Gasteiger partial charge in [0.15, 0.2) is 0 Å². The number of aromatic nitrogens is 2. The normalized spacial score (nSPS) is 10.1. The highest BCUT2D eigenvalue weighted by atomic mass is 79.9. The number of ether oxygens (including phenoxy) is 1. The number of aromatic carboxylic acids is 1. The Hall–Kier alpha value is -1.95. The van der Waals surface area contributed by atoms with Crippen molar-refractivity contribution in [2.24, 2.45) is 0 Å². The molecular formula is C12H9BrN2O3. The van der Waals surface area contributed by atoms with Gasteiger partial charge in [0.1, 0.15) is 12.4 Å². The first-order valence-electron chi connectivity index (χ1n) is 5.08. The number of hydrogen-bond donors (Lipinski definition) is 1. The third-order valence-electron chi connectivity index (χ3n) is 2.26. The second-order valence-corrected chi connectivity index (χ2v) is 4.31. The Morgan fingerprint density at radius 1 is 1.28 bits per heavy atom. The van der Waals surface area contributed by atoms with Crippen LogP contribution in [0.1, 0.15) is 15.9 Å². The molecule has 0 atom stereocenters. The molecule has 0 aliphatic heterocycles.